The van der Waals surface area contributed by atoms with Gasteiger partial charge < -0.3 is 20.3 Å². The number of nitrogens with zero attached hydrogens (tertiary/aromatic N) is 2. The van der Waals surface area contributed by atoms with E-state index in [-0.39, 0.29) is 24.0 Å². The topological polar surface area (TPSA) is 48.9 Å². The van der Waals surface area contributed by atoms with Crippen LogP contribution in [0, 0.1) is 5.92 Å². The maximum atomic E-state index is 5.59. The van der Waals surface area contributed by atoms with Crippen molar-refractivity contribution in [3.63, 3.8) is 0 Å². The van der Waals surface area contributed by atoms with E-state index in [0.717, 1.165) is 45.2 Å². The number of aliphatic imine (C=N–C) groups is 1. The van der Waals surface area contributed by atoms with E-state index in [9.17, 15) is 0 Å². The minimum Gasteiger partial charge on any atom is -0.380 e. The molecule has 132 valence electrons. The summed E-state index contributed by atoms with van der Waals surface area (Å²) in [6, 6.07) is 0. The average Bonchev–Trinajstić information content (AvgIpc) is 2.49. The Kier molecular flexibility index (Phi) is 14.5. The van der Waals surface area contributed by atoms with Crippen molar-refractivity contribution >= 4 is 29.9 Å². The van der Waals surface area contributed by atoms with Crippen molar-refractivity contribution in [2.24, 2.45) is 10.9 Å². The van der Waals surface area contributed by atoms with Crippen LogP contribution in [0.3, 0.4) is 0 Å². The molecule has 0 saturated carbocycles. The fourth-order valence-corrected chi connectivity index (χ4v) is 2.40. The first-order valence-corrected chi connectivity index (χ1v) is 8.47. The zero-order chi connectivity index (χ0) is 15.3. The van der Waals surface area contributed by atoms with E-state index in [4.69, 9.17) is 4.74 Å². The molecule has 0 amide bonds. The summed E-state index contributed by atoms with van der Waals surface area (Å²) in [7, 11) is 1.82. The van der Waals surface area contributed by atoms with Crippen LogP contribution >= 0.6 is 24.0 Å². The smallest absolute Gasteiger partial charge is 0.191 e. The van der Waals surface area contributed by atoms with Gasteiger partial charge in [0, 0.05) is 33.3 Å². The summed E-state index contributed by atoms with van der Waals surface area (Å²) >= 11 is 0. The maximum Gasteiger partial charge on any atom is 0.191 e. The van der Waals surface area contributed by atoms with Gasteiger partial charge in [0.15, 0.2) is 5.96 Å². The van der Waals surface area contributed by atoms with Gasteiger partial charge in [-0.15, -0.1) is 24.0 Å². The first kappa shape index (κ1) is 21.9. The molecule has 0 aromatic carbocycles. The van der Waals surface area contributed by atoms with E-state index < -0.39 is 0 Å². The van der Waals surface area contributed by atoms with Crippen molar-refractivity contribution in [1.82, 2.24) is 15.5 Å². The lowest BCUT2D eigenvalue weighted by molar-refractivity contribution is 0.128. The molecule has 22 heavy (non-hydrogen) atoms. The summed E-state index contributed by atoms with van der Waals surface area (Å²) in [5.41, 5.74) is 0. The van der Waals surface area contributed by atoms with Gasteiger partial charge in [-0.3, -0.25) is 4.99 Å². The summed E-state index contributed by atoms with van der Waals surface area (Å²) in [5, 5.41) is 6.66. The summed E-state index contributed by atoms with van der Waals surface area (Å²) in [6.07, 6.45) is 5.22. The lowest BCUT2D eigenvalue weighted by Gasteiger charge is -2.26. The molecule has 0 aromatic rings. The van der Waals surface area contributed by atoms with E-state index in [1.807, 2.05) is 7.05 Å². The van der Waals surface area contributed by atoms with Gasteiger partial charge in [0.05, 0.1) is 6.61 Å². The highest BCUT2D eigenvalue weighted by atomic mass is 127. The molecule has 1 aliphatic heterocycles. The van der Waals surface area contributed by atoms with Crippen LogP contribution in [-0.2, 0) is 4.74 Å². The van der Waals surface area contributed by atoms with E-state index in [1.54, 1.807) is 0 Å². The fourth-order valence-electron chi connectivity index (χ4n) is 2.40. The predicted molar refractivity (Wildman–Crippen MR) is 105 cm³/mol. The largest absolute Gasteiger partial charge is 0.380 e. The van der Waals surface area contributed by atoms with E-state index in [1.165, 1.54) is 32.4 Å². The first-order valence-electron chi connectivity index (χ1n) is 8.47. The Hall–Kier alpha value is -0.0800. The normalized spacial score (nSPS) is 16.5. The van der Waals surface area contributed by atoms with Crippen molar-refractivity contribution in [2.45, 2.75) is 39.5 Å². The molecular weight excluding hydrogens is 391 g/mol. The van der Waals surface area contributed by atoms with Gasteiger partial charge in [0.25, 0.3) is 0 Å². The predicted octanol–water partition coefficient (Wildman–Crippen LogP) is 2.32. The van der Waals surface area contributed by atoms with Gasteiger partial charge in [-0.25, -0.2) is 0 Å². The molecule has 0 unspecified atom stereocenters. The van der Waals surface area contributed by atoms with Crippen LogP contribution in [0.15, 0.2) is 4.99 Å². The molecule has 1 aliphatic rings. The minimum absolute atomic E-state index is 0. The van der Waals surface area contributed by atoms with Crippen molar-refractivity contribution in [1.29, 1.82) is 0 Å². The number of piperidine rings is 1. The summed E-state index contributed by atoms with van der Waals surface area (Å²) in [6.45, 7) is 11.4. The third-order valence-electron chi connectivity index (χ3n) is 3.77. The molecule has 1 heterocycles. The van der Waals surface area contributed by atoms with E-state index >= 15 is 0 Å². The second kappa shape index (κ2) is 14.5. The molecule has 0 aromatic heterocycles. The molecule has 0 atom stereocenters. The fraction of sp³-hybridized carbons (Fsp3) is 0.938. The van der Waals surface area contributed by atoms with Gasteiger partial charge in [-0.1, -0.05) is 20.3 Å². The average molecular weight is 426 g/mol. The molecule has 0 bridgehead atoms. The highest BCUT2D eigenvalue weighted by Gasteiger charge is 2.09. The second-order valence-electron chi connectivity index (χ2n) is 6.12. The van der Waals surface area contributed by atoms with Crippen LogP contribution in [0.4, 0.5) is 0 Å². The Morgan fingerprint density at radius 3 is 2.41 bits per heavy atom. The number of hydrogen-bond acceptors (Lipinski definition) is 3. The summed E-state index contributed by atoms with van der Waals surface area (Å²) in [5.74, 6) is 1.58. The highest BCUT2D eigenvalue weighted by Crippen LogP contribution is 2.07. The lowest BCUT2D eigenvalue weighted by atomic mass is 10.1. The summed E-state index contributed by atoms with van der Waals surface area (Å²) in [4.78, 5) is 6.76. The van der Waals surface area contributed by atoms with Gasteiger partial charge in [-0.05, 0) is 38.3 Å². The van der Waals surface area contributed by atoms with Gasteiger partial charge in [-0.2, -0.15) is 0 Å². The second-order valence-corrected chi connectivity index (χ2v) is 6.12. The van der Waals surface area contributed by atoms with Crippen molar-refractivity contribution in [3.05, 3.63) is 0 Å². The van der Waals surface area contributed by atoms with Crippen LogP contribution in [0.2, 0.25) is 0 Å². The monoisotopic (exact) mass is 426 g/mol. The zero-order valence-electron chi connectivity index (χ0n) is 14.6. The third-order valence-corrected chi connectivity index (χ3v) is 3.77. The Bertz CT molecular complexity index is 281. The summed E-state index contributed by atoms with van der Waals surface area (Å²) < 4.78 is 5.59. The van der Waals surface area contributed by atoms with Gasteiger partial charge in [0.1, 0.15) is 0 Å². The maximum absolute atomic E-state index is 5.59. The number of nitrogens with one attached hydrogen (secondary N) is 2. The first-order chi connectivity index (χ1) is 10.2. The van der Waals surface area contributed by atoms with Gasteiger partial charge >= 0.3 is 0 Å². The van der Waals surface area contributed by atoms with Crippen LogP contribution in [0.5, 0.6) is 0 Å². The number of hydrogen-bond donors (Lipinski definition) is 2. The molecule has 0 spiro atoms. The zero-order valence-corrected chi connectivity index (χ0v) is 16.9. The Labute approximate surface area is 153 Å². The number of guanidine groups is 1. The lowest BCUT2D eigenvalue weighted by Crippen LogP contribution is -2.43. The Morgan fingerprint density at radius 1 is 1.09 bits per heavy atom. The van der Waals surface area contributed by atoms with Crippen molar-refractivity contribution in [3.8, 4) is 0 Å². The van der Waals surface area contributed by atoms with Crippen molar-refractivity contribution in [2.75, 3.05) is 53.0 Å². The molecule has 6 heteroatoms. The number of likely N-dealkylation sites (tertiary alicyclic amines) is 1. The molecule has 1 saturated heterocycles. The van der Waals surface area contributed by atoms with Gasteiger partial charge in [0.2, 0.25) is 0 Å². The van der Waals surface area contributed by atoms with Crippen LogP contribution in [0.25, 0.3) is 0 Å². The van der Waals surface area contributed by atoms with Crippen LogP contribution < -0.4 is 10.6 Å². The van der Waals surface area contributed by atoms with Crippen LogP contribution in [-0.4, -0.2) is 63.8 Å². The minimum atomic E-state index is 0. The molecular formula is C16H35IN4O. The molecule has 5 nitrogen and oxygen atoms in total. The number of ether oxygens (including phenoxy) is 1. The molecule has 2 N–H and O–H groups in total. The molecule has 1 rings (SSSR count). The molecule has 1 fully saturated rings. The third kappa shape index (κ3) is 11.5. The van der Waals surface area contributed by atoms with Crippen LogP contribution in [0.1, 0.15) is 39.5 Å². The van der Waals surface area contributed by atoms with Crippen molar-refractivity contribution < 1.29 is 4.74 Å². The highest BCUT2D eigenvalue weighted by molar-refractivity contribution is 14.0. The SMILES string of the molecule is CN=C(NCCOCCC(C)C)NCCN1CCCCC1.I. The molecule has 0 aliphatic carbocycles. The van der Waals surface area contributed by atoms with E-state index in [2.05, 4.69) is 34.4 Å². The quantitative estimate of drug-likeness (QED) is 0.257. The van der Waals surface area contributed by atoms with E-state index in [0.29, 0.717) is 5.92 Å². The molecule has 0 radical (unpaired) electrons. The number of rotatable bonds is 9. The number of halogens is 1. The standard InChI is InChI=1S/C16H34N4O.HI/c1-15(2)7-13-21-14-9-19-16(17-3)18-8-12-20-10-5-4-6-11-20;/h15H,4-14H2,1-3H3,(H2,17,18,19);1H. The Balaban J connectivity index is 0.00000441. The Morgan fingerprint density at radius 2 is 1.77 bits per heavy atom.